The maximum Gasteiger partial charge on any atom is 0.420 e. The first-order valence-corrected chi connectivity index (χ1v) is 8.22. The fourth-order valence-electron chi connectivity index (χ4n) is 3.14. The van der Waals surface area contributed by atoms with Crippen LogP contribution < -0.4 is 5.76 Å². The molecule has 0 aliphatic carbocycles. The summed E-state index contributed by atoms with van der Waals surface area (Å²) in [7, 11) is 0. The van der Waals surface area contributed by atoms with Crippen molar-refractivity contribution < 1.29 is 13.9 Å². The molecular weight excluding hydrogens is 352 g/mol. The molecule has 6 nitrogen and oxygen atoms in total. The van der Waals surface area contributed by atoms with Crippen LogP contribution >= 0.6 is 15.9 Å². The molecule has 4 rings (SSSR count). The second-order valence-electron chi connectivity index (χ2n) is 5.75. The second-order valence-corrected chi connectivity index (χ2v) is 6.66. The smallest absolute Gasteiger partial charge is 0.408 e. The van der Waals surface area contributed by atoms with Gasteiger partial charge in [-0.1, -0.05) is 15.9 Å². The lowest BCUT2D eigenvalue weighted by Crippen LogP contribution is -2.59. The third kappa shape index (κ3) is 2.52. The molecule has 0 radical (unpaired) electrons. The van der Waals surface area contributed by atoms with Gasteiger partial charge in [0, 0.05) is 17.6 Å². The van der Waals surface area contributed by atoms with Crippen molar-refractivity contribution in [1.29, 1.82) is 0 Å². The molecule has 0 spiro atoms. The van der Waals surface area contributed by atoms with Gasteiger partial charge < -0.3 is 13.9 Å². The zero-order chi connectivity index (χ0) is 15.1. The molecule has 2 saturated heterocycles. The molecule has 0 unspecified atom stereocenters. The molecule has 1 aromatic heterocycles. The van der Waals surface area contributed by atoms with E-state index < -0.39 is 0 Å². The van der Waals surface area contributed by atoms with Crippen LogP contribution in [0.3, 0.4) is 0 Å². The van der Waals surface area contributed by atoms with Crippen LogP contribution in [0.4, 0.5) is 0 Å². The average Bonchev–Trinajstić information content (AvgIpc) is 2.75. The van der Waals surface area contributed by atoms with Gasteiger partial charge in [-0.15, -0.1) is 0 Å². The van der Waals surface area contributed by atoms with Crippen molar-refractivity contribution in [1.82, 2.24) is 9.47 Å². The predicted octanol–water partition coefficient (Wildman–Crippen LogP) is 1.46. The van der Waals surface area contributed by atoms with Gasteiger partial charge in [-0.3, -0.25) is 9.47 Å². The van der Waals surface area contributed by atoms with E-state index in [1.807, 2.05) is 18.2 Å². The van der Waals surface area contributed by atoms with Crippen LogP contribution in [0.5, 0.6) is 0 Å². The Hall–Kier alpha value is -1.15. The number of halogens is 1. The van der Waals surface area contributed by atoms with Crippen LogP contribution in [0.15, 0.2) is 31.9 Å². The maximum absolute atomic E-state index is 12.2. The lowest BCUT2D eigenvalue weighted by Gasteiger charge is -2.44. The number of aromatic nitrogens is 1. The summed E-state index contributed by atoms with van der Waals surface area (Å²) in [5, 5.41) is 0. The molecule has 0 saturated carbocycles. The Balaban J connectivity index is 1.65. The van der Waals surface area contributed by atoms with Gasteiger partial charge in [0.25, 0.3) is 0 Å². The Labute approximate surface area is 135 Å². The number of morpholine rings is 1. The van der Waals surface area contributed by atoms with Crippen molar-refractivity contribution in [2.24, 2.45) is 0 Å². The topological polar surface area (TPSA) is 56.8 Å². The average molecular weight is 369 g/mol. The summed E-state index contributed by atoms with van der Waals surface area (Å²) in [5.41, 5.74) is 1.43. The Morgan fingerprint density at radius 3 is 2.86 bits per heavy atom. The normalized spacial score (nSPS) is 23.8. The summed E-state index contributed by atoms with van der Waals surface area (Å²) in [4.78, 5) is 14.6. The van der Waals surface area contributed by atoms with Crippen molar-refractivity contribution in [2.75, 3.05) is 33.0 Å². The number of benzene rings is 1. The summed E-state index contributed by atoms with van der Waals surface area (Å²) >= 11 is 3.45. The highest BCUT2D eigenvalue weighted by atomic mass is 79.9. The van der Waals surface area contributed by atoms with Crippen LogP contribution in [0.2, 0.25) is 0 Å². The molecule has 2 aliphatic heterocycles. The minimum Gasteiger partial charge on any atom is -0.408 e. The van der Waals surface area contributed by atoms with Gasteiger partial charge in [0.15, 0.2) is 5.58 Å². The van der Waals surface area contributed by atoms with Gasteiger partial charge in [0.05, 0.1) is 44.0 Å². The van der Waals surface area contributed by atoms with E-state index in [1.54, 1.807) is 4.57 Å². The molecule has 0 N–H and O–H groups in total. The van der Waals surface area contributed by atoms with E-state index >= 15 is 0 Å². The highest BCUT2D eigenvalue weighted by Gasteiger charge is 2.34. The zero-order valence-corrected chi connectivity index (χ0v) is 13.6. The van der Waals surface area contributed by atoms with Gasteiger partial charge in [-0.05, 0) is 18.2 Å². The van der Waals surface area contributed by atoms with E-state index in [4.69, 9.17) is 13.9 Å². The lowest BCUT2D eigenvalue weighted by molar-refractivity contribution is -0.119. The van der Waals surface area contributed by atoms with E-state index in [0.717, 1.165) is 36.4 Å². The first kappa shape index (κ1) is 14.4. The fraction of sp³-hybridized carbons (Fsp3) is 0.533. The largest absolute Gasteiger partial charge is 0.420 e. The number of oxazole rings is 1. The Morgan fingerprint density at radius 1 is 1.23 bits per heavy atom. The van der Waals surface area contributed by atoms with Crippen LogP contribution in [0.1, 0.15) is 0 Å². The molecule has 3 heterocycles. The molecule has 2 fully saturated rings. The fourth-order valence-corrected chi connectivity index (χ4v) is 3.49. The van der Waals surface area contributed by atoms with Gasteiger partial charge in [0.1, 0.15) is 0 Å². The number of ether oxygens (including phenoxy) is 2. The molecule has 1 aromatic carbocycles. The number of nitrogens with zero attached hydrogens (tertiary/aromatic N) is 2. The summed E-state index contributed by atoms with van der Waals surface area (Å²) < 4.78 is 18.9. The Morgan fingerprint density at radius 2 is 2.09 bits per heavy atom. The monoisotopic (exact) mass is 368 g/mol. The third-order valence-corrected chi connectivity index (χ3v) is 4.88. The predicted molar refractivity (Wildman–Crippen MR) is 84.1 cm³/mol. The molecule has 0 amide bonds. The highest BCUT2D eigenvalue weighted by molar-refractivity contribution is 9.10. The SMILES string of the molecule is O=c1oc2ccc(Br)cc2n1C[C@@H]1COCCN1C1COC1. The molecule has 22 heavy (non-hydrogen) atoms. The van der Waals surface area contributed by atoms with E-state index in [9.17, 15) is 4.79 Å². The molecule has 1 atom stereocenters. The molecule has 0 bridgehead atoms. The maximum atomic E-state index is 12.2. The Kier molecular flexibility index (Phi) is 3.81. The molecule has 7 heteroatoms. The van der Waals surface area contributed by atoms with Crippen molar-refractivity contribution >= 4 is 27.0 Å². The minimum absolute atomic E-state index is 0.167. The van der Waals surface area contributed by atoms with Crippen LogP contribution in [0.25, 0.3) is 11.1 Å². The lowest BCUT2D eigenvalue weighted by atomic mass is 10.1. The third-order valence-electron chi connectivity index (χ3n) is 4.39. The molecule has 2 aromatic rings. The summed E-state index contributed by atoms with van der Waals surface area (Å²) in [6.45, 7) is 4.35. The number of hydrogen-bond donors (Lipinski definition) is 0. The van der Waals surface area contributed by atoms with Gasteiger partial charge in [-0.25, -0.2) is 4.79 Å². The summed E-state index contributed by atoms with van der Waals surface area (Å²) in [6, 6.07) is 6.21. The number of hydrogen-bond acceptors (Lipinski definition) is 5. The second kappa shape index (κ2) is 5.81. The quantitative estimate of drug-likeness (QED) is 0.820. The molecule has 2 aliphatic rings. The van der Waals surface area contributed by atoms with E-state index in [0.29, 0.717) is 24.8 Å². The van der Waals surface area contributed by atoms with Crippen molar-refractivity contribution in [3.63, 3.8) is 0 Å². The molecular formula is C15H17BrN2O4. The van der Waals surface area contributed by atoms with Gasteiger partial charge >= 0.3 is 5.76 Å². The van der Waals surface area contributed by atoms with Crippen molar-refractivity contribution in [3.05, 3.63) is 33.2 Å². The summed E-state index contributed by atoms with van der Waals surface area (Å²) in [5.74, 6) is -0.316. The van der Waals surface area contributed by atoms with E-state index in [1.165, 1.54) is 0 Å². The number of rotatable bonds is 3. The van der Waals surface area contributed by atoms with Crippen LogP contribution in [0, 0.1) is 0 Å². The molecule has 118 valence electrons. The highest BCUT2D eigenvalue weighted by Crippen LogP contribution is 2.22. The first-order valence-electron chi connectivity index (χ1n) is 7.42. The van der Waals surface area contributed by atoms with Crippen molar-refractivity contribution in [3.8, 4) is 0 Å². The minimum atomic E-state index is -0.316. The van der Waals surface area contributed by atoms with Crippen LogP contribution in [-0.2, 0) is 16.0 Å². The van der Waals surface area contributed by atoms with Gasteiger partial charge in [0.2, 0.25) is 0 Å². The summed E-state index contributed by atoms with van der Waals surface area (Å²) in [6.07, 6.45) is 0. The number of fused-ring (bicyclic) bond motifs is 1. The van der Waals surface area contributed by atoms with Crippen molar-refractivity contribution in [2.45, 2.75) is 18.6 Å². The van der Waals surface area contributed by atoms with Gasteiger partial charge in [-0.2, -0.15) is 0 Å². The van der Waals surface area contributed by atoms with E-state index in [2.05, 4.69) is 20.8 Å². The standard InChI is InChI=1S/C15H17BrN2O4/c16-10-1-2-14-13(5-10)18(15(19)22-14)6-11-7-20-4-3-17(11)12-8-21-9-12/h1-2,5,11-12H,3-4,6-9H2/t11-/m1/s1. The van der Waals surface area contributed by atoms with Crippen LogP contribution in [-0.4, -0.2) is 54.5 Å². The van der Waals surface area contributed by atoms with E-state index in [-0.39, 0.29) is 11.8 Å². The Bertz CT molecular complexity index is 737. The first-order chi connectivity index (χ1) is 10.7. The zero-order valence-electron chi connectivity index (χ0n) is 12.0.